The summed E-state index contributed by atoms with van der Waals surface area (Å²) < 4.78 is 48.3. The first-order valence-electron chi connectivity index (χ1n) is 8.31. The van der Waals surface area contributed by atoms with Crippen molar-refractivity contribution in [2.75, 3.05) is 12.4 Å². The van der Waals surface area contributed by atoms with Gasteiger partial charge < -0.3 is 14.8 Å². The van der Waals surface area contributed by atoms with Crippen LogP contribution in [0.15, 0.2) is 65.6 Å². The summed E-state index contributed by atoms with van der Waals surface area (Å²) in [6, 6.07) is 11.7. The highest BCUT2D eigenvalue weighted by Crippen LogP contribution is 2.23. The van der Waals surface area contributed by atoms with Gasteiger partial charge in [-0.15, -0.1) is 0 Å². The van der Waals surface area contributed by atoms with Crippen molar-refractivity contribution in [3.63, 3.8) is 0 Å². The number of benzene rings is 2. The third-order valence-corrected chi connectivity index (χ3v) is 3.93. The maximum atomic E-state index is 13.4. The van der Waals surface area contributed by atoms with E-state index in [1.54, 1.807) is 0 Å². The Morgan fingerprint density at radius 3 is 2.48 bits per heavy atom. The second kappa shape index (κ2) is 8.51. The average molecular weight is 404 g/mol. The molecule has 3 rings (SSSR count). The molecule has 0 fully saturated rings. The standard InChI is InChI=1S/C20H15F3N2O4/c1-28-17-11-12(21)4-9-16(17)25-10-2-3-15(19(25)27)18(26)24-13-5-7-14(8-6-13)29-20(22)23/h2-11,20H,1H3,(H,24,26). The number of pyridine rings is 1. The summed E-state index contributed by atoms with van der Waals surface area (Å²) in [7, 11) is 1.33. The van der Waals surface area contributed by atoms with Gasteiger partial charge in [0.1, 0.15) is 22.9 Å². The molecule has 0 spiro atoms. The predicted octanol–water partition coefficient (Wildman–Crippen LogP) is 3.84. The van der Waals surface area contributed by atoms with Crippen LogP contribution in [0.2, 0.25) is 0 Å². The number of carbonyl (C=O) groups is 1. The lowest BCUT2D eigenvalue weighted by Gasteiger charge is -2.12. The Hall–Kier alpha value is -3.75. The average Bonchev–Trinajstić information content (AvgIpc) is 2.69. The van der Waals surface area contributed by atoms with Gasteiger partial charge in [-0.3, -0.25) is 14.2 Å². The number of rotatable bonds is 6. The minimum absolute atomic E-state index is 0.0662. The molecule has 0 unspecified atom stereocenters. The molecule has 1 amide bonds. The van der Waals surface area contributed by atoms with E-state index in [4.69, 9.17) is 4.74 Å². The summed E-state index contributed by atoms with van der Waals surface area (Å²) in [5, 5.41) is 2.51. The lowest BCUT2D eigenvalue weighted by molar-refractivity contribution is -0.0498. The molecule has 0 aliphatic carbocycles. The molecule has 0 saturated heterocycles. The molecule has 0 saturated carbocycles. The number of amides is 1. The fraction of sp³-hybridized carbons (Fsp3) is 0.100. The van der Waals surface area contributed by atoms with E-state index in [0.29, 0.717) is 0 Å². The van der Waals surface area contributed by atoms with Crippen LogP contribution in [0.25, 0.3) is 5.69 Å². The van der Waals surface area contributed by atoms with E-state index in [1.165, 1.54) is 61.8 Å². The molecule has 0 aliphatic heterocycles. The van der Waals surface area contributed by atoms with Crippen molar-refractivity contribution >= 4 is 11.6 Å². The highest BCUT2D eigenvalue weighted by molar-refractivity contribution is 6.04. The molecular weight excluding hydrogens is 389 g/mol. The monoisotopic (exact) mass is 404 g/mol. The van der Waals surface area contributed by atoms with Crippen molar-refractivity contribution in [2.45, 2.75) is 6.61 Å². The van der Waals surface area contributed by atoms with Gasteiger partial charge in [-0.25, -0.2) is 4.39 Å². The van der Waals surface area contributed by atoms with Gasteiger partial charge in [-0.05, 0) is 48.5 Å². The lowest BCUT2D eigenvalue weighted by Crippen LogP contribution is -2.28. The number of ether oxygens (including phenoxy) is 2. The van der Waals surface area contributed by atoms with E-state index in [1.807, 2.05) is 0 Å². The zero-order valence-corrected chi connectivity index (χ0v) is 15.1. The fourth-order valence-corrected chi connectivity index (χ4v) is 2.63. The largest absolute Gasteiger partial charge is 0.494 e. The van der Waals surface area contributed by atoms with Gasteiger partial charge in [0.2, 0.25) is 0 Å². The highest BCUT2D eigenvalue weighted by Gasteiger charge is 2.16. The molecule has 0 aliphatic rings. The number of hydrogen-bond donors (Lipinski definition) is 1. The fourth-order valence-electron chi connectivity index (χ4n) is 2.63. The van der Waals surface area contributed by atoms with Crippen molar-refractivity contribution in [1.29, 1.82) is 0 Å². The summed E-state index contributed by atoms with van der Waals surface area (Å²) >= 11 is 0. The normalized spacial score (nSPS) is 10.7. The number of nitrogens with one attached hydrogen (secondary N) is 1. The Labute approximate surface area is 163 Å². The molecule has 3 aromatic rings. The van der Waals surface area contributed by atoms with Crippen LogP contribution >= 0.6 is 0 Å². The van der Waals surface area contributed by atoms with Crippen molar-refractivity contribution < 1.29 is 27.4 Å². The van der Waals surface area contributed by atoms with Crippen LogP contribution < -0.4 is 20.3 Å². The van der Waals surface area contributed by atoms with Crippen molar-refractivity contribution in [3.8, 4) is 17.2 Å². The zero-order chi connectivity index (χ0) is 21.0. The number of anilines is 1. The third kappa shape index (κ3) is 4.57. The number of halogens is 3. The van der Waals surface area contributed by atoms with Gasteiger partial charge in [0.25, 0.3) is 11.5 Å². The molecule has 1 aromatic heterocycles. The number of methoxy groups -OCH3 is 1. The van der Waals surface area contributed by atoms with Crippen molar-refractivity contribution in [2.24, 2.45) is 0 Å². The van der Waals surface area contributed by atoms with E-state index in [-0.39, 0.29) is 28.4 Å². The molecule has 1 heterocycles. The molecule has 0 atom stereocenters. The number of aromatic nitrogens is 1. The number of nitrogens with zero attached hydrogens (tertiary/aromatic N) is 1. The van der Waals surface area contributed by atoms with Crippen LogP contribution in [0.3, 0.4) is 0 Å². The van der Waals surface area contributed by atoms with Gasteiger partial charge in [-0.1, -0.05) is 0 Å². The summed E-state index contributed by atoms with van der Waals surface area (Å²) in [4.78, 5) is 25.3. The number of alkyl halides is 2. The van der Waals surface area contributed by atoms with Gasteiger partial charge in [0.05, 0.1) is 12.8 Å². The van der Waals surface area contributed by atoms with Crippen molar-refractivity contribution in [1.82, 2.24) is 4.57 Å². The maximum Gasteiger partial charge on any atom is 0.387 e. The first-order chi connectivity index (χ1) is 13.9. The van der Waals surface area contributed by atoms with Crippen LogP contribution in [0.1, 0.15) is 10.4 Å². The van der Waals surface area contributed by atoms with Gasteiger partial charge >= 0.3 is 6.61 Å². The minimum atomic E-state index is -2.96. The molecule has 29 heavy (non-hydrogen) atoms. The zero-order valence-electron chi connectivity index (χ0n) is 15.1. The quantitative estimate of drug-likeness (QED) is 0.678. The van der Waals surface area contributed by atoms with Crippen LogP contribution in [0.4, 0.5) is 18.9 Å². The van der Waals surface area contributed by atoms with Crippen LogP contribution in [-0.2, 0) is 0 Å². The molecule has 1 N–H and O–H groups in total. The summed E-state index contributed by atoms with van der Waals surface area (Å²) in [5.74, 6) is -1.18. The molecule has 0 radical (unpaired) electrons. The van der Waals surface area contributed by atoms with Crippen molar-refractivity contribution in [3.05, 3.63) is 82.5 Å². The van der Waals surface area contributed by atoms with E-state index >= 15 is 0 Å². The van der Waals surface area contributed by atoms with Crippen LogP contribution in [0, 0.1) is 5.82 Å². The Bertz CT molecular complexity index is 1080. The molecule has 0 bridgehead atoms. The minimum Gasteiger partial charge on any atom is -0.494 e. The highest BCUT2D eigenvalue weighted by atomic mass is 19.3. The van der Waals surface area contributed by atoms with Crippen LogP contribution in [-0.4, -0.2) is 24.2 Å². The third-order valence-electron chi connectivity index (χ3n) is 3.93. The van der Waals surface area contributed by atoms with Gasteiger partial charge in [-0.2, -0.15) is 8.78 Å². The van der Waals surface area contributed by atoms with E-state index in [2.05, 4.69) is 10.1 Å². The van der Waals surface area contributed by atoms with Crippen LogP contribution in [0.5, 0.6) is 11.5 Å². The summed E-state index contributed by atoms with van der Waals surface area (Å²) in [6.45, 7) is -2.96. The Morgan fingerprint density at radius 2 is 1.83 bits per heavy atom. The summed E-state index contributed by atoms with van der Waals surface area (Å²) in [5.41, 5.74) is -0.271. The van der Waals surface area contributed by atoms with E-state index in [0.717, 1.165) is 10.6 Å². The number of carbonyl (C=O) groups excluding carboxylic acids is 1. The first kappa shape index (κ1) is 20.0. The van der Waals surface area contributed by atoms with E-state index < -0.39 is 23.9 Å². The predicted molar refractivity (Wildman–Crippen MR) is 99.6 cm³/mol. The Kier molecular flexibility index (Phi) is 5.87. The summed E-state index contributed by atoms with van der Waals surface area (Å²) in [6.07, 6.45) is 1.42. The van der Waals surface area contributed by atoms with Gasteiger partial charge in [0, 0.05) is 18.0 Å². The SMILES string of the molecule is COc1cc(F)ccc1-n1cccc(C(=O)Nc2ccc(OC(F)F)cc2)c1=O. The molecule has 6 nitrogen and oxygen atoms in total. The lowest BCUT2D eigenvalue weighted by atomic mass is 10.2. The second-order valence-electron chi connectivity index (χ2n) is 5.77. The molecular formula is C20H15F3N2O4. The Balaban J connectivity index is 1.88. The van der Waals surface area contributed by atoms with E-state index in [9.17, 15) is 22.8 Å². The maximum absolute atomic E-state index is 13.4. The molecule has 9 heteroatoms. The van der Waals surface area contributed by atoms with Gasteiger partial charge in [0.15, 0.2) is 0 Å². The molecule has 150 valence electrons. The smallest absolute Gasteiger partial charge is 0.387 e. The second-order valence-corrected chi connectivity index (χ2v) is 5.77. The Morgan fingerprint density at radius 1 is 1.10 bits per heavy atom. The molecule has 2 aromatic carbocycles. The number of hydrogen-bond acceptors (Lipinski definition) is 4. The first-order valence-corrected chi connectivity index (χ1v) is 8.31. The topological polar surface area (TPSA) is 69.6 Å².